The lowest BCUT2D eigenvalue weighted by molar-refractivity contribution is 0.201. The Balaban J connectivity index is 0.000001000. The van der Waals surface area contributed by atoms with Crippen LogP contribution in [0.1, 0.15) is 25.7 Å². The second-order valence-corrected chi connectivity index (χ2v) is 3.48. The van der Waals surface area contributed by atoms with E-state index < -0.39 is 0 Å². The molecule has 0 bridgehead atoms. The first-order valence-electron chi connectivity index (χ1n) is 4.14. The van der Waals surface area contributed by atoms with Crippen molar-refractivity contribution in [2.45, 2.75) is 37.8 Å². The fraction of sp³-hybridized carbons (Fsp3) is 1.00. The van der Waals surface area contributed by atoms with Crippen LogP contribution in [-0.2, 0) is 0 Å². The largest absolute Gasteiger partial charge is 0.326 e. The van der Waals surface area contributed by atoms with Crippen LogP contribution in [0.5, 0.6) is 0 Å². The Morgan fingerprint density at radius 1 is 1.18 bits per heavy atom. The number of nitrogens with zero attached hydrogens (tertiary/aromatic N) is 1. The number of rotatable bonds is 1. The molecule has 3 heteroatoms. The van der Waals surface area contributed by atoms with E-state index in [4.69, 9.17) is 5.73 Å². The van der Waals surface area contributed by atoms with Gasteiger partial charge in [0.1, 0.15) is 0 Å². The summed E-state index contributed by atoms with van der Waals surface area (Å²) in [6, 6.07) is 1.05. The Kier molecular flexibility index (Phi) is 5.06. The molecule has 0 aromatic heterocycles. The van der Waals surface area contributed by atoms with E-state index in [2.05, 4.69) is 19.0 Å². The molecule has 1 aliphatic carbocycles. The Bertz CT molecular complexity index is 106. The van der Waals surface area contributed by atoms with Crippen LogP contribution in [-0.4, -0.2) is 31.1 Å². The predicted octanol–water partition coefficient (Wildman–Crippen LogP) is 1.24. The van der Waals surface area contributed by atoms with Gasteiger partial charge in [-0.1, -0.05) is 12.8 Å². The summed E-state index contributed by atoms with van der Waals surface area (Å²) in [6.07, 6.45) is 5.18. The molecule has 1 saturated carbocycles. The van der Waals surface area contributed by atoms with Crippen molar-refractivity contribution in [2.75, 3.05) is 14.1 Å². The van der Waals surface area contributed by atoms with Gasteiger partial charge in [0.2, 0.25) is 0 Å². The summed E-state index contributed by atoms with van der Waals surface area (Å²) in [5.74, 6) is 0. The number of halogens is 1. The second-order valence-electron chi connectivity index (χ2n) is 3.48. The van der Waals surface area contributed by atoms with Gasteiger partial charge in [0.25, 0.3) is 0 Å². The average molecular weight is 179 g/mol. The maximum atomic E-state index is 5.94. The monoisotopic (exact) mass is 178 g/mol. The molecule has 2 atom stereocenters. The average Bonchev–Trinajstić information content (AvgIpc) is 1.88. The normalized spacial score (nSPS) is 31.6. The van der Waals surface area contributed by atoms with Crippen molar-refractivity contribution >= 4 is 12.4 Å². The summed E-state index contributed by atoms with van der Waals surface area (Å²) in [5, 5.41) is 0. The minimum Gasteiger partial charge on any atom is -0.326 e. The van der Waals surface area contributed by atoms with E-state index in [9.17, 15) is 0 Å². The summed E-state index contributed by atoms with van der Waals surface area (Å²) in [7, 11) is 4.24. The molecule has 0 saturated heterocycles. The van der Waals surface area contributed by atoms with Gasteiger partial charge in [-0.15, -0.1) is 12.4 Å². The lowest BCUT2D eigenvalue weighted by Crippen LogP contribution is -2.46. The molecule has 1 fully saturated rings. The van der Waals surface area contributed by atoms with E-state index in [1.165, 1.54) is 25.7 Å². The molecule has 0 aliphatic heterocycles. The molecule has 0 aromatic rings. The highest BCUT2D eigenvalue weighted by Crippen LogP contribution is 2.19. The van der Waals surface area contributed by atoms with Crippen LogP contribution in [0.25, 0.3) is 0 Å². The summed E-state index contributed by atoms with van der Waals surface area (Å²) in [4.78, 5) is 2.25. The van der Waals surface area contributed by atoms with Crippen LogP contribution < -0.4 is 5.73 Å². The summed E-state index contributed by atoms with van der Waals surface area (Å²) >= 11 is 0. The zero-order valence-electron chi connectivity index (χ0n) is 7.42. The van der Waals surface area contributed by atoms with Crippen LogP contribution >= 0.6 is 12.4 Å². The van der Waals surface area contributed by atoms with E-state index in [1.54, 1.807) is 0 Å². The molecule has 1 aliphatic rings. The van der Waals surface area contributed by atoms with Crippen LogP contribution in [0.3, 0.4) is 0 Å². The van der Waals surface area contributed by atoms with Crippen LogP contribution in [0.4, 0.5) is 0 Å². The lowest BCUT2D eigenvalue weighted by Gasteiger charge is -2.33. The molecular formula is C8H19ClN2. The fourth-order valence-electron chi connectivity index (χ4n) is 1.78. The highest BCUT2D eigenvalue weighted by Gasteiger charge is 2.22. The SMILES string of the molecule is CN(C)[C@@H]1CCCC[C@@H]1N.Cl. The molecule has 0 radical (unpaired) electrons. The molecule has 0 spiro atoms. The van der Waals surface area contributed by atoms with Crippen molar-refractivity contribution in [1.29, 1.82) is 0 Å². The van der Waals surface area contributed by atoms with E-state index in [0.29, 0.717) is 12.1 Å². The van der Waals surface area contributed by atoms with E-state index in [-0.39, 0.29) is 12.4 Å². The van der Waals surface area contributed by atoms with Crippen molar-refractivity contribution < 1.29 is 0 Å². The quantitative estimate of drug-likeness (QED) is 0.655. The molecule has 11 heavy (non-hydrogen) atoms. The molecule has 0 amide bonds. The third kappa shape index (κ3) is 2.97. The smallest absolute Gasteiger partial charge is 0.0241 e. The van der Waals surface area contributed by atoms with Crippen LogP contribution in [0, 0.1) is 0 Å². The fourth-order valence-corrected chi connectivity index (χ4v) is 1.78. The van der Waals surface area contributed by atoms with Gasteiger partial charge in [0.05, 0.1) is 0 Å². The molecule has 2 N–H and O–H groups in total. The van der Waals surface area contributed by atoms with Crippen molar-refractivity contribution in [3.8, 4) is 0 Å². The van der Waals surface area contributed by atoms with E-state index in [1.807, 2.05) is 0 Å². The van der Waals surface area contributed by atoms with Crippen molar-refractivity contribution in [3.63, 3.8) is 0 Å². The number of likely N-dealkylation sites (N-methyl/N-ethyl adjacent to an activating group) is 1. The molecule has 0 aromatic carbocycles. The van der Waals surface area contributed by atoms with Crippen molar-refractivity contribution in [3.05, 3.63) is 0 Å². The zero-order chi connectivity index (χ0) is 7.56. The first-order valence-corrected chi connectivity index (χ1v) is 4.14. The van der Waals surface area contributed by atoms with Gasteiger partial charge in [0.15, 0.2) is 0 Å². The Morgan fingerprint density at radius 3 is 2.09 bits per heavy atom. The van der Waals surface area contributed by atoms with Gasteiger partial charge in [-0.05, 0) is 26.9 Å². The first kappa shape index (κ1) is 11.2. The van der Waals surface area contributed by atoms with E-state index >= 15 is 0 Å². The maximum Gasteiger partial charge on any atom is 0.0241 e. The third-order valence-corrected chi connectivity index (χ3v) is 2.44. The number of nitrogens with two attached hydrogens (primary N) is 1. The summed E-state index contributed by atoms with van der Waals surface area (Å²) in [5.41, 5.74) is 5.94. The van der Waals surface area contributed by atoms with Gasteiger partial charge in [-0.25, -0.2) is 0 Å². The molecule has 0 unspecified atom stereocenters. The molecule has 0 heterocycles. The topological polar surface area (TPSA) is 29.3 Å². The first-order chi connectivity index (χ1) is 4.72. The lowest BCUT2D eigenvalue weighted by atomic mass is 9.90. The van der Waals surface area contributed by atoms with Crippen LogP contribution in [0.15, 0.2) is 0 Å². The predicted molar refractivity (Wildman–Crippen MR) is 51.2 cm³/mol. The molecule has 2 nitrogen and oxygen atoms in total. The van der Waals surface area contributed by atoms with Gasteiger partial charge in [-0.2, -0.15) is 0 Å². The van der Waals surface area contributed by atoms with Crippen molar-refractivity contribution in [1.82, 2.24) is 4.90 Å². The van der Waals surface area contributed by atoms with Gasteiger partial charge >= 0.3 is 0 Å². The standard InChI is InChI=1S/C8H18N2.ClH/c1-10(2)8-6-4-3-5-7(8)9;/h7-8H,3-6,9H2,1-2H3;1H/t7-,8+;/m0./s1. The zero-order valence-corrected chi connectivity index (χ0v) is 8.23. The van der Waals surface area contributed by atoms with Gasteiger partial charge in [0, 0.05) is 12.1 Å². The molecule has 68 valence electrons. The summed E-state index contributed by atoms with van der Waals surface area (Å²) < 4.78 is 0. The number of hydrogen-bond acceptors (Lipinski definition) is 2. The van der Waals surface area contributed by atoms with Crippen LogP contribution in [0.2, 0.25) is 0 Å². The Hall–Kier alpha value is 0.210. The van der Waals surface area contributed by atoms with Crippen molar-refractivity contribution in [2.24, 2.45) is 5.73 Å². The van der Waals surface area contributed by atoms with E-state index in [0.717, 1.165) is 0 Å². The highest BCUT2D eigenvalue weighted by molar-refractivity contribution is 5.85. The number of hydrogen-bond donors (Lipinski definition) is 1. The van der Waals surface area contributed by atoms with Gasteiger partial charge in [-0.3, -0.25) is 0 Å². The van der Waals surface area contributed by atoms with Gasteiger partial charge < -0.3 is 10.6 Å². The Morgan fingerprint density at radius 2 is 1.73 bits per heavy atom. The minimum atomic E-state index is 0. The third-order valence-electron chi connectivity index (χ3n) is 2.44. The molecule has 1 rings (SSSR count). The highest BCUT2D eigenvalue weighted by atomic mass is 35.5. The summed E-state index contributed by atoms with van der Waals surface area (Å²) in [6.45, 7) is 0. The maximum absolute atomic E-state index is 5.94. The Labute approximate surface area is 75.5 Å². The minimum absolute atomic E-state index is 0. The molecular weight excluding hydrogens is 160 g/mol. The second kappa shape index (κ2) is 4.96.